The first-order valence-electron chi connectivity index (χ1n) is 3.79. The maximum absolute atomic E-state index is 12.7. The van der Waals surface area contributed by atoms with Gasteiger partial charge in [0.05, 0.1) is 12.3 Å². The van der Waals surface area contributed by atoms with Gasteiger partial charge >= 0.3 is 0 Å². The van der Waals surface area contributed by atoms with Crippen LogP contribution in [0.5, 0.6) is 0 Å². The standard InChI is InChI=1S/C9H12FNO/c1-9(2,6-12)8-5-7(10)3-4-11-8/h3-5,12H,6H2,1-2H3. The van der Waals surface area contributed by atoms with Gasteiger partial charge in [0, 0.05) is 11.6 Å². The normalized spacial score (nSPS) is 11.7. The van der Waals surface area contributed by atoms with Crippen LogP contribution < -0.4 is 0 Å². The lowest BCUT2D eigenvalue weighted by Gasteiger charge is -2.20. The fourth-order valence-corrected chi connectivity index (χ4v) is 0.856. The highest BCUT2D eigenvalue weighted by atomic mass is 19.1. The van der Waals surface area contributed by atoms with Crippen molar-refractivity contribution >= 4 is 0 Å². The molecular formula is C9H12FNO. The molecule has 1 aromatic heterocycles. The van der Waals surface area contributed by atoms with Crippen LogP contribution in [-0.4, -0.2) is 16.7 Å². The number of aliphatic hydroxyl groups is 1. The Morgan fingerprint density at radius 2 is 2.25 bits per heavy atom. The molecule has 0 aliphatic carbocycles. The summed E-state index contributed by atoms with van der Waals surface area (Å²) in [5, 5.41) is 8.98. The number of halogens is 1. The number of hydrogen-bond donors (Lipinski definition) is 1. The van der Waals surface area contributed by atoms with E-state index in [1.807, 2.05) is 13.8 Å². The molecule has 0 amide bonds. The minimum Gasteiger partial charge on any atom is -0.395 e. The van der Waals surface area contributed by atoms with E-state index < -0.39 is 5.41 Å². The molecule has 0 bridgehead atoms. The van der Waals surface area contributed by atoms with E-state index in [0.29, 0.717) is 5.69 Å². The molecule has 2 nitrogen and oxygen atoms in total. The Labute approximate surface area is 71.1 Å². The van der Waals surface area contributed by atoms with Gasteiger partial charge in [0.15, 0.2) is 0 Å². The zero-order valence-electron chi connectivity index (χ0n) is 7.21. The van der Waals surface area contributed by atoms with Gasteiger partial charge in [-0.25, -0.2) is 4.39 Å². The molecule has 0 unspecified atom stereocenters. The Balaban J connectivity index is 3.03. The van der Waals surface area contributed by atoms with Crippen LogP contribution in [-0.2, 0) is 5.41 Å². The first-order valence-corrected chi connectivity index (χ1v) is 3.79. The summed E-state index contributed by atoms with van der Waals surface area (Å²) in [6.07, 6.45) is 1.40. The van der Waals surface area contributed by atoms with Gasteiger partial charge in [-0.05, 0) is 12.1 Å². The van der Waals surface area contributed by atoms with Gasteiger partial charge in [0.2, 0.25) is 0 Å². The topological polar surface area (TPSA) is 33.1 Å². The van der Waals surface area contributed by atoms with Crippen LogP contribution in [0.15, 0.2) is 18.3 Å². The van der Waals surface area contributed by atoms with Crippen LogP contribution in [0.1, 0.15) is 19.5 Å². The van der Waals surface area contributed by atoms with Crippen molar-refractivity contribution in [1.29, 1.82) is 0 Å². The minimum atomic E-state index is -0.470. The molecule has 0 aliphatic heterocycles. The molecule has 12 heavy (non-hydrogen) atoms. The number of nitrogens with zero attached hydrogens (tertiary/aromatic N) is 1. The summed E-state index contributed by atoms with van der Waals surface area (Å²) in [5.74, 6) is -0.318. The number of hydrogen-bond acceptors (Lipinski definition) is 2. The molecule has 3 heteroatoms. The van der Waals surface area contributed by atoms with E-state index in [-0.39, 0.29) is 12.4 Å². The maximum atomic E-state index is 12.7. The van der Waals surface area contributed by atoms with Crippen LogP contribution in [0.3, 0.4) is 0 Å². The van der Waals surface area contributed by atoms with E-state index in [1.165, 1.54) is 18.3 Å². The second-order valence-corrected chi connectivity index (χ2v) is 3.40. The summed E-state index contributed by atoms with van der Waals surface area (Å²) in [6.45, 7) is 3.59. The van der Waals surface area contributed by atoms with Gasteiger partial charge in [-0.1, -0.05) is 13.8 Å². The van der Waals surface area contributed by atoms with E-state index in [4.69, 9.17) is 5.11 Å². The van der Waals surface area contributed by atoms with Gasteiger partial charge < -0.3 is 5.11 Å². The van der Waals surface area contributed by atoms with Gasteiger partial charge in [0.25, 0.3) is 0 Å². The van der Waals surface area contributed by atoms with Crippen LogP contribution in [0.25, 0.3) is 0 Å². The minimum absolute atomic E-state index is 0.0382. The molecule has 66 valence electrons. The van der Waals surface area contributed by atoms with Gasteiger partial charge in [-0.3, -0.25) is 4.98 Å². The van der Waals surface area contributed by atoms with Crippen molar-refractivity contribution in [3.8, 4) is 0 Å². The number of aliphatic hydroxyl groups excluding tert-OH is 1. The van der Waals surface area contributed by atoms with Crippen molar-refractivity contribution in [2.75, 3.05) is 6.61 Å². The van der Waals surface area contributed by atoms with Crippen molar-refractivity contribution in [2.45, 2.75) is 19.3 Å². The third-order valence-corrected chi connectivity index (χ3v) is 1.81. The summed E-state index contributed by atoms with van der Waals surface area (Å²) in [6, 6.07) is 2.63. The second-order valence-electron chi connectivity index (χ2n) is 3.40. The van der Waals surface area contributed by atoms with E-state index in [9.17, 15) is 4.39 Å². The lowest BCUT2D eigenvalue weighted by atomic mass is 9.90. The summed E-state index contributed by atoms with van der Waals surface area (Å²) in [5.41, 5.74) is 0.104. The van der Waals surface area contributed by atoms with Crippen molar-refractivity contribution in [3.63, 3.8) is 0 Å². The average molecular weight is 169 g/mol. The van der Waals surface area contributed by atoms with Crippen molar-refractivity contribution in [3.05, 3.63) is 29.8 Å². The van der Waals surface area contributed by atoms with Crippen LogP contribution in [0.2, 0.25) is 0 Å². The summed E-state index contributed by atoms with van der Waals surface area (Å²) < 4.78 is 12.7. The lowest BCUT2D eigenvalue weighted by molar-refractivity contribution is 0.215. The van der Waals surface area contributed by atoms with Crippen molar-refractivity contribution < 1.29 is 9.50 Å². The highest BCUT2D eigenvalue weighted by Crippen LogP contribution is 2.20. The quantitative estimate of drug-likeness (QED) is 0.727. The Hall–Kier alpha value is -0.960. The molecule has 0 saturated carbocycles. The molecule has 0 aliphatic rings. The molecule has 0 spiro atoms. The third kappa shape index (κ3) is 1.80. The molecule has 1 rings (SSSR count). The Morgan fingerprint density at radius 3 is 2.75 bits per heavy atom. The molecule has 0 atom stereocenters. The summed E-state index contributed by atoms with van der Waals surface area (Å²) >= 11 is 0. The van der Waals surface area contributed by atoms with Crippen molar-refractivity contribution in [1.82, 2.24) is 4.98 Å². The number of aromatic nitrogens is 1. The molecule has 1 N–H and O–H groups in total. The van der Waals surface area contributed by atoms with Gasteiger partial charge in [-0.2, -0.15) is 0 Å². The first-order chi connectivity index (χ1) is 5.56. The highest BCUT2D eigenvalue weighted by molar-refractivity contribution is 5.15. The zero-order valence-corrected chi connectivity index (χ0v) is 7.21. The first kappa shape index (κ1) is 9.13. The maximum Gasteiger partial charge on any atom is 0.126 e. The van der Waals surface area contributed by atoms with Crippen LogP contribution >= 0.6 is 0 Å². The molecular weight excluding hydrogens is 157 g/mol. The van der Waals surface area contributed by atoms with E-state index in [2.05, 4.69) is 4.98 Å². The average Bonchev–Trinajstić information content (AvgIpc) is 2.05. The smallest absolute Gasteiger partial charge is 0.126 e. The number of rotatable bonds is 2. The second kappa shape index (κ2) is 3.19. The van der Waals surface area contributed by atoms with E-state index >= 15 is 0 Å². The SMILES string of the molecule is CC(C)(CO)c1cc(F)ccn1. The Morgan fingerprint density at radius 1 is 1.58 bits per heavy atom. The lowest BCUT2D eigenvalue weighted by Crippen LogP contribution is -2.23. The molecule has 0 saturated heterocycles. The van der Waals surface area contributed by atoms with Crippen LogP contribution in [0, 0.1) is 5.82 Å². The van der Waals surface area contributed by atoms with Crippen molar-refractivity contribution in [2.24, 2.45) is 0 Å². The molecule has 1 heterocycles. The number of pyridine rings is 1. The van der Waals surface area contributed by atoms with E-state index in [0.717, 1.165) is 0 Å². The Bertz CT molecular complexity index is 273. The largest absolute Gasteiger partial charge is 0.395 e. The fourth-order valence-electron chi connectivity index (χ4n) is 0.856. The monoisotopic (exact) mass is 169 g/mol. The Kier molecular flexibility index (Phi) is 2.43. The third-order valence-electron chi connectivity index (χ3n) is 1.81. The fraction of sp³-hybridized carbons (Fsp3) is 0.444. The molecule has 0 radical (unpaired) electrons. The molecule has 1 aromatic rings. The summed E-state index contributed by atoms with van der Waals surface area (Å²) in [4.78, 5) is 3.98. The van der Waals surface area contributed by atoms with Gasteiger partial charge in [-0.15, -0.1) is 0 Å². The van der Waals surface area contributed by atoms with Gasteiger partial charge in [0.1, 0.15) is 5.82 Å². The summed E-state index contributed by atoms with van der Waals surface area (Å²) in [7, 11) is 0. The molecule has 0 fully saturated rings. The zero-order chi connectivity index (χ0) is 9.19. The predicted octanol–water partition coefficient (Wildman–Crippen LogP) is 1.49. The van der Waals surface area contributed by atoms with E-state index in [1.54, 1.807) is 0 Å². The molecule has 0 aromatic carbocycles. The highest BCUT2D eigenvalue weighted by Gasteiger charge is 2.20. The van der Waals surface area contributed by atoms with Crippen LogP contribution in [0.4, 0.5) is 4.39 Å². The predicted molar refractivity (Wildman–Crippen MR) is 44.3 cm³/mol.